The molecule has 0 radical (unpaired) electrons. The second-order valence-electron chi connectivity index (χ2n) is 4.69. The minimum Gasteiger partial charge on any atom is -0.356 e. The van der Waals surface area contributed by atoms with Gasteiger partial charge in [0.25, 0.3) is 0 Å². The lowest BCUT2D eigenvalue weighted by atomic mass is 10.1. The molecule has 20 heavy (non-hydrogen) atoms. The number of hydrogen-bond acceptors (Lipinski definition) is 3. The first-order valence-electron chi connectivity index (χ1n) is 6.40. The molecule has 3 rings (SSSR count). The summed E-state index contributed by atoms with van der Waals surface area (Å²) >= 11 is 0. The van der Waals surface area contributed by atoms with Gasteiger partial charge in [-0.1, -0.05) is 30.3 Å². The summed E-state index contributed by atoms with van der Waals surface area (Å²) in [6, 6.07) is 17.4. The third-order valence-corrected chi connectivity index (χ3v) is 3.35. The summed E-state index contributed by atoms with van der Waals surface area (Å²) in [4.78, 5) is 13.8. The van der Waals surface area contributed by atoms with Gasteiger partial charge in [0, 0.05) is 6.54 Å². The molecule has 0 saturated carbocycles. The fraction of sp³-hybridized carbons (Fsp3) is 0.125. The molecule has 0 aliphatic carbocycles. The van der Waals surface area contributed by atoms with Gasteiger partial charge in [-0.05, 0) is 23.8 Å². The van der Waals surface area contributed by atoms with Crippen LogP contribution in [-0.4, -0.2) is 12.5 Å². The third kappa shape index (κ3) is 2.21. The lowest BCUT2D eigenvalue weighted by molar-refractivity contribution is -0.115. The molecule has 0 saturated heterocycles. The van der Waals surface area contributed by atoms with E-state index in [1.54, 1.807) is 6.07 Å². The molecule has 98 valence electrons. The van der Waals surface area contributed by atoms with E-state index in [9.17, 15) is 4.79 Å². The Morgan fingerprint density at radius 2 is 1.90 bits per heavy atom. The summed E-state index contributed by atoms with van der Waals surface area (Å²) in [6.07, 6.45) is 0. The number of hydrogen-bond donors (Lipinski definition) is 1. The van der Waals surface area contributed by atoms with Crippen LogP contribution in [0.2, 0.25) is 0 Å². The van der Waals surface area contributed by atoms with Crippen molar-refractivity contribution >= 4 is 17.3 Å². The number of nitrogens with zero attached hydrogens (tertiary/aromatic N) is 2. The first kappa shape index (κ1) is 12.2. The molecule has 1 amide bonds. The number of carbonyl (C=O) groups excluding carboxylic acids is 1. The summed E-state index contributed by atoms with van der Waals surface area (Å²) in [5.41, 5.74) is 3.38. The second-order valence-corrected chi connectivity index (χ2v) is 4.69. The first-order valence-corrected chi connectivity index (χ1v) is 6.40. The molecule has 1 heterocycles. The SMILES string of the molecule is N#Cc1ccccc1CN1CC(=O)Nc2ccccc21. The van der Waals surface area contributed by atoms with Crippen molar-refractivity contribution in [3.05, 3.63) is 59.7 Å². The molecule has 0 fully saturated rings. The molecular weight excluding hydrogens is 250 g/mol. The summed E-state index contributed by atoms with van der Waals surface area (Å²) in [7, 11) is 0. The van der Waals surface area contributed by atoms with Crippen molar-refractivity contribution in [3.8, 4) is 6.07 Å². The Balaban J connectivity index is 1.96. The van der Waals surface area contributed by atoms with Crippen LogP contribution in [0, 0.1) is 11.3 Å². The van der Waals surface area contributed by atoms with Crippen LogP contribution in [-0.2, 0) is 11.3 Å². The van der Waals surface area contributed by atoms with E-state index >= 15 is 0 Å². The zero-order valence-electron chi connectivity index (χ0n) is 10.8. The predicted octanol–water partition coefficient (Wildman–Crippen LogP) is 2.52. The van der Waals surface area contributed by atoms with Crippen molar-refractivity contribution in [2.75, 3.05) is 16.8 Å². The Morgan fingerprint density at radius 1 is 1.15 bits per heavy atom. The van der Waals surface area contributed by atoms with E-state index in [1.165, 1.54) is 0 Å². The zero-order valence-corrected chi connectivity index (χ0v) is 10.8. The quantitative estimate of drug-likeness (QED) is 0.905. The van der Waals surface area contributed by atoms with Crippen molar-refractivity contribution < 1.29 is 4.79 Å². The molecule has 0 aromatic heterocycles. The van der Waals surface area contributed by atoms with Crippen molar-refractivity contribution in [3.63, 3.8) is 0 Å². The minimum atomic E-state index is -0.0295. The van der Waals surface area contributed by atoms with E-state index in [4.69, 9.17) is 5.26 Å². The van der Waals surface area contributed by atoms with Gasteiger partial charge in [-0.2, -0.15) is 5.26 Å². The highest BCUT2D eigenvalue weighted by atomic mass is 16.2. The number of nitrogens with one attached hydrogen (secondary N) is 1. The molecule has 4 nitrogen and oxygen atoms in total. The van der Waals surface area contributed by atoms with Crippen LogP contribution in [0.3, 0.4) is 0 Å². The van der Waals surface area contributed by atoms with Crippen molar-refractivity contribution in [2.45, 2.75) is 6.54 Å². The first-order chi connectivity index (χ1) is 9.78. The van der Waals surface area contributed by atoms with Crippen molar-refractivity contribution in [1.82, 2.24) is 0 Å². The zero-order chi connectivity index (χ0) is 13.9. The molecule has 4 heteroatoms. The predicted molar refractivity (Wildman–Crippen MR) is 77.3 cm³/mol. The molecule has 0 atom stereocenters. The maximum atomic E-state index is 11.8. The molecule has 2 aromatic carbocycles. The number of benzene rings is 2. The van der Waals surface area contributed by atoms with Crippen LogP contribution < -0.4 is 10.2 Å². The topological polar surface area (TPSA) is 56.1 Å². The number of fused-ring (bicyclic) bond motifs is 1. The van der Waals surface area contributed by atoms with Gasteiger partial charge in [0.1, 0.15) is 0 Å². The summed E-state index contributed by atoms with van der Waals surface area (Å²) < 4.78 is 0. The highest BCUT2D eigenvalue weighted by molar-refractivity contribution is 6.01. The highest BCUT2D eigenvalue weighted by Gasteiger charge is 2.21. The van der Waals surface area contributed by atoms with Crippen LogP contribution in [0.15, 0.2) is 48.5 Å². The molecule has 0 bridgehead atoms. The number of rotatable bonds is 2. The molecule has 1 N–H and O–H groups in total. The number of para-hydroxylation sites is 2. The highest BCUT2D eigenvalue weighted by Crippen LogP contribution is 2.30. The monoisotopic (exact) mass is 263 g/mol. The summed E-state index contributed by atoms with van der Waals surface area (Å²) in [5.74, 6) is -0.0295. The van der Waals surface area contributed by atoms with Gasteiger partial charge < -0.3 is 10.2 Å². The third-order valence-electron chi connectivity index (χ3n) is 3.35. The van der Waals surface area contributed by atoms with Gasteiger partial charge in [-0.15, -0.1) is 0 Å². The Kier molecular flexibility index (Phi) is 3.10. The molecule has 2 aromatic rings. The molecule has 0 spiro atoms. The van der Waals surface area contributed by atoms with Crippen LogP contribution in [0.5, 0.6) is 0 Å². The standard InChI is InChI=1S/C16H13N3O/c17-9-12-5-1-2-6-13(12)10-19-11-16(20)18-14-7-3-4-8-15(14)19/h1-8H,10-11H2,(H,18,20). The number of carbonyl (C=O) groups is 1. The van der Waals surface area contributed by atoms with E-state index in [0.717, 1.165) is 16.9 Å². The minimum absolute atomic E-state index is 0.0295. The van der Waals surface area contributed by atoms with Gasteiger partial charge in [0.15, 0.2) is 0 Å². The Bertz CT molecular complexity index is 703. The molecule has 0 unspecified atom stereocenters. The van der Waals surface area contributed by atoms with Gasteiger partial charge in [-0.25, -0.2) is 0 Å². The lowest BCUT2D eigenvalue weighted by Gasteiger charge is -2.31. The van der Waals surface area contributed by atoms with Gasteiger partial charge in [0.2, 0.25) is 5.91 Å². The van der Waals surface area contributed by atoms with E-state index in [1.807, 2.05) is 47.4 Å². The fourth-order valence-corrected chi connectivity index (χ4v) is 2.42. The van der Waals surface area contributed by atoms with Crippen LogP contribution in [0.4, 0.5) is 11.4 Å². The number of anilines is 2. The lowest BCUT2D eigenvalue weighted by Crippen LogP contribution is -2.37. The van der Waals surface area contributed by atoms with E-state index in [-0.39, 0.29) is 5.91 Å². The normalized spacial score (nSPS) is 13.3. The molecule has 1 aliphatic heterocycles. The van der Waals surface area contributed by atoms with Crippen molar-refractivity contribution in [1.29, 1.82) is 5.26 Å². The van der Waals surface area contributed by atoms with E-state index < -0.39 is 0 Å². The van der Waals surface area contributed by atoms with Gasteiger partial charge in [0.05, 0.1) is 29.6 Å². The van der Waals surface area contributed by atoms with E-state index in [2.05, 4.69) is 11.4 Å². The maximum absolute atomic E-state index is 11.8. The number of nitriles is 1. The maximum Gasteiger partial charge on any atom is 0.243 e. The van der Waals surface area contributed by atoms with Crippen LogP contribution in [0.1, 0.15) is 11.1 Å². The Morgan fingerprint density at radius 3 is 2.75 bits per heavy atom. The largest absolute Gasteiger partial charge is 0.356 e. The van der Waals surface area contributed by atoms with Crippen LogP contribution >= 0.6 is 0 Å². The van der Waals surface area contributed by atoms with Gasteiger partial charge >= 0.3 is 0 Å². The second kappa shape index (κ2) is 5.06. The summed E-state index contributed by atoms with van der Waals surface area (Å²) in [6.45, 7) is 0.852. The summed E-state index contributed by atoms with van der Waals surface area (Å²) in [5, 5.41) is 12.0. The average molecular weight is 263 g/mol. The molecular formula is C16H13N3O. The Labute approximate surface area is 117 Å². The van der Waals surface area contributed by atoms with Crippen molar-refractivity contribution in [2.24, 2.45) is 0 Å². The van der Waals surface area contributed by atoms with E-state index in [0.29, 0.717) is 18.7 Å². The van der Waals surface area contributed by atoms with Gasteiger partial charge in [-0.3, -0.25) is 4.79 Å². The Hall–Kier alpha value is -2.80. The average Bonchev–Trinajstić information content (AvgIpc) is 2.47. The number of amides is 1. The fourth-order valence-electron chi connectivity index (χ4n) is 2.42. The molecule has 1 aliphatic rings. The smallest absolute Gasteiger partial charge is 0.243 e. The van der Waals surface area contributed by atoms with Crippen LogP contribution in [0.25, 0.3) is 0 Å².